The minimum Gasteiger partial charge on any atom is -0.493 e. The SMILES string of the molecule is COc1cc(C(CC(=O)NCc2ccccc2)c2cn(Cc3ccc(C)cc3)c3ccccc23)ccc1OCc1ccccc1. The van der Waals surface area contributed by atoms with Gasteiger partial charge in [-0.05, 0) is 52.9 Å². The first-order valence-corrected chi connectivity index (χ1v) is 15.4. The largest absolute Gasteiger partial charge is 0.493 e. The summed E-state index contributed by atoms with van der Waals surface area (Å²) in [5.74, 6) is 1.09. The Bertz CT molecular complexity index is 1860. The van der Waals surface area contributed by atoms with E-state index in [4.69, 9.17) is 9.47 Å². The highest BCUT2D eigenvalue weighted by Gasteiger charge is 2.24. The van der Waals surface area contributed by atoms with Gasteiger partial charge in [0, 0.05) is 42.5 Å². The van der Waals surface area contributed by atoms with Crippen molar-refractivity contribution in [3.63, 3.8) is 0 Å². The Labute approximate surface area is 265 Å². The number of nitrogens with one attached hydrogen (secondary N) is 1. The molecule has 1 atom stereocenters. The number of rotatable bonds is 12. The van der Waals surface area contributed by atoms with E-state index >= 15 is 0 Å². The summed E-state index contributed by atoms with van der Waals surface area (Å²) in [4.78, 5) is 13.5. The number of hydrogen-bond acceptors (Lipinski definition) is 3. The molecule has 5 aromatic carbocycles. The summed E-state index contributed by atoms with van der Waals surface area (Å²) >= 11 is 0. The third-order valence-electron chi connectivity index (χ3n) is 8.22. The number of amides is 1. The fraction of sp³-hybridized carbons (Fsp3) is 0.175. The van der Waals surface area contributed by atoms with E-state index in [0.29, 0.717) is 31.1 Å². The molecule has 6 rings (SSSR count). The minimum atomic E-state index is -0.206. The van der Waals surface area contributed by atoms with Gasteiger partial charge in [0.1, 0.15) is 6.61 Å². The molecule has 1 unspecified atom stereocenters. The van der Waals surface area contributed by atoms with Crippen molar-refractivity contribution in [3.05, 3.63) is 167 Å². The number of ether oxygens (including phenoxy) is 2. The van der Waals surface area contributed by atoms with Crippen LogP contribution in [0, 0.1) is 6.92 Å². The molecule has 0 saturated heterocycles. The maximum absolute atomic E-state index is 13.5. The van der Waals surface area contributed by atoms with E-state index in [1.807, 2.05) is 72.8 Å². The number of aryl methyl sites for hydroxylation is 1. The van der Waals surface area contributed by atoms with Crippen molar-refractivity contribution < 1.29 is 14.3 Å². The first-order valence-electron chi connectivity index (χ1n) is 15.4. The lowest BCUT2D eigenvalue weighted by Crippen LogP contribution is -2.25. The standard InChI is InChI=1S/C40H38N2O3/c1-29-17-19-31(20-18-29)26-42-27-36(34-15-9-10-16-37(34)42)35(24-40(43)41-25-30-11-5-3-6-12-30)33-21-22-38(39(23-33)44-2)45-28-32-13-7-4-8-14-32/h3-23,27,35H,24-26,28H2,1-2H3,(H,41,43). The van der Waals surface area contributed by atoms with Gasteiger partial charge < -0.3 is 19.4 Å². The molecule has 0 aliphatic heterocycles. The number of benzene rings is 5. The van der Waals surface area contributed by atoms with Crippen molar-refractivity contribution in [3.8, 4) is 11.5 Å². The molecule has 0 bridgehead atoms. The van der Waals surface area contributed by atoms with Gasteiger partial charge >= 0.3 is 0 Å². The average Bonchev–Trinajstić information content (AvgIpc) is 3.45. The highest BCUT2D eigenvalue weighted by atomic mass is 16.5. The van der Waals surface area contributed by atoms with Gasteiger partial charge in [-0.2, -0.15) is 0 Å². The quantitative estimate of drug-likeness (QED) is 0.155. The topological polar surface area (TPSA) is 52.5 Å². The molecule has 0 spiro atoms. The average molecular weight is 595 g/mol. The third-order valence-corrected chi connectivity index (χ3v) is 8.22. The smallest absolute Gasteiger partial charge is 0.221 e. The molecule has 45 heavy (non-hydrogen) atoms. The van der Waals surface area contributed by atoms with Crippen LogP contribution in [0.4, 0.5) is 0 Å². The molecule has 1 aromatic heterocycles. The van der Waals surface area contributed by atoms with Crippen molar-refractivity contribution in [2.45, 2.75) is 39.0 Å². The van der Waals surface area contributed by atoms with Gasteiger partial charge in [0.25, 0.3) is 0 Å². The van der Waals surface area contributed by atoms with Gasteiger partial charge in [-0.25, -0.2) is 0 Å². The molecule has 0 aliphatic carbocycles. The van der Waals surface area contributed by atoms with Gasteiger partial charge in [0.05, 0.1) is 7.11 Å². The van der Waals surface area contributed by atoms with Crippen LogP contribution in [0.2, 0.25) is 0 Å². The van der Waals surface area contributed by atoms with E-state index in [0.717, 1.165) is 39.7 Å². The predicted molar refractivity (Wildman–Crippen MR) is 181 cm³/mol. The molecule has 1 amide bonds. The third kappa shape index (κ3) is 7.27. The maximum atomic E-state index is 13.5. The summed E-state index contributed by atoms with van der Waals surface area (Å²) < 4.78 is 14.3. The minimum absolute atomic E-state index is 0.0115. The first kappa shape index (κ1) is 29.8. The van der Waals surface area contributed by atoms with E-state index < -0.39 is 0 Å². The molecule has 0 radical (unpaired) electrons. The Morgan fingerprint density at radius 1 is 0.756 bits per heavy atom. The fourth-order valence-corrected chi connectivity index (χ4v) is 5.79. The van der Waals surface area contributed by atoms with E-state index in [1.165, 1.54) is 11.1 Å². The number of carbonyl (C=O) groups excluding carboxylic acids is 1. The van der Waals surface area contributed by atoms with Gasteiger partial charge in [-0.1, -0.05) is 115 Å². The van der Waals surface area contributed by atoms with Crippen molar-refractivity contribution in [2.24, 2.45) is 0 Å². The van der Waals surface area contributed by atoms with Crippen molar-refractivity contribution in [2.75, 3.05) is 7.11 Å². The zero-order valence-electron chi connectivity index (χ0n) is 25.8. The fourth-order valence-electron chi connectivity index (χ4n) is 5.79. The lowest BCUT2D eigenvalue weighted by Gasteiger charge is -2.20. The van der Waals surface area contributed by atoms with Gasteiger partial charge in [0.2, 0.25) is 5.91 Å². The summed E-state index contributed by atoms with van der Waals surface area (Å²) in [6.45, 7) is 3.77. The molecule has 0 fully saturated rings. The molecule has 0 aliphatic rings. The van der Waals surface area contributed by atoms with Crippen molar-refractivity contribution >= 4 is 16.8 Å². The van der Waals surface area contributed by atoms with E-state index in [1.54, 1.807) is 7.11 Å². The Morgan fingerprint density at radius 3 is 2.18 bits per heavy atom. The molecular formula is C40H38N2O3. The zero-order chi connectivity index (χ0) is 31.0. The highest BCUT2D eigenvalue weighted by molar-refractivity contribution is 5.87. The lowest BCUT2D eigenvalue weighted by atomic mass is 9.87. The molecule has 1 N–H and O–H groups in total. The second kappa shape index (κ2) is 14.0. The first-order chi connectivity index (χ1) is 22.1. The number of hydrogen-bond donors (Lipinski definition) is 1. The number of methoxy groups -OCH3 is 1. The molecule has 6 aromatic rings. The number of fused-ring (bicyclic) bond motifs is 1. The van der Waals surface area contributed by atoms with Crippen LogP contribution in [-0.4, -0.2) is 17.6 Å². The monoisotopic (exact) mass is 594 g/mol. The molecule has 5 nitrogen and oxygen atoms in total. The van der Waals surface area contributed by atoms with Crippen LogP contribution in [0.5, 0.6) is 11.5 Å². The summed E-state index contributed by atoms with van der Waals surface area (Å²) in [5, 5.41) is 4.28. The van der Waals surface area contributed by atoms with Crippen LogP contribution in [0.15, 0.2) is 134 Å². The molecule has 226 valence electrons. The molecule has 0 saturated carbocycles. The Morgan fingerprint density at radius 2 is 1.44 bits per heavy atom. The normalized spacial score (nSPS) is 11.7. The summed E-state index contributed by atoms with van der Waals surface area (Å²) in [6, 6.07) is 43.2. The molecular weight excluding hydrogens is 556 g/mol. The van der Waals surface area contributed by atoms with Crippen LogP contribution < -0.4 is 14.8 Å². The van der Waals surface area contributed by atoms with E-state index in [9.17, 15) is 4.79 Å². The maximum Gasteiger partial charge on any atom is 0.221 e. The Kier molecular flexibility index (Phi) is 9.26. The Balaban J connectivity index is 1.35. The van der Waals surface area contributed by atoms with Crippen LogP contribution in [0.1, 0.15) is 45.7 Å². The second-order valence-electron chi connectivity index (χ2n) is 11.4. The molecule has 1 heterocycles. The number of carbonyl (C=O) groups is 1. The van der Waals surface area contributed by atoms with Crippen LogP contribution in [-0.2, 0) is 24.5 Å². The summed E-state index contributed by atoms with van der Waals surface area (Å²) in [6.07, 6.45) is 2.50. The second-order valence-corrected chi connectivity index (χ2v) is 11.4. The predicted octanol–water partition coefficient (Wildman–Crippen LogP) is 8.42. The van der Waals surface area contributed by atoms with Gasteiger partial charge in [-0.15, -0.1) is 0 Å². The highest BCUT2D eigenvalue weighted by Crippen LogP contribution is 2.39. The Hall–Kier alpha value is -5.29. The van der Waals surface area contributed by atoms with Crippen LogP contribution in [0.3, 0.4) is 0 Å². The number of nitrogens with zero attached hydrogens (tertiary/aromatic N) is 1. The zero-order valence-corrected chi connectivity index (χ0v) is 25.8. The van der Waals surface area contributed by atoms with Crippen molar-refractivity contribution in [1.82, 2.24) is 9.88 Å². The number of para-hydroxylation sites is 1. The van der Waals surface area contributed by atoms with Crippen LogP contribution >= 0.6 is 0 Å². The lowest BCUT2D eigenvalue weighted by molar-refractivity contribution is -0.121. The van der Waals surface area contributed by atoms with Gasteiger partial charge in [-0.3, -0.25) is 4.79 Å². The van der Waals surface area contributed by atoms with Gasteiger partial charge in [0.15, 0.2) is 11.5 Å². The summed E-state index contributed by atoms with van der Waals surface area (Å²) in [5.41, 5.74) is 7.85. The molecule has 5 heteroatoms. The summed E-state index contributed by atoms with van der Waals surface area (Å²) in [7, 11) is 1.66. The van der Waals surface area contributed by atoms with E-state index in [-0.39, 0.29) is 11.8 Å². The van der Waals surface area contributed by atoms with Crippen molar-refractivity contribution in [1.29, 1.82) is 0 Å². The number of aromatic nitrogens is 1. The van der Waals surface area contributed by atoms with E-state index in [2.05, 4.69) is 77.6 Å². The van der Waals surface area contributed by atoms with Crippen LogP contribution in [0.25, 0.3) is 10.9 Å².